The molecule has 0 saturated carbocycles. The maximum atomic E-state index is 14.6. The lowest BCUT2D eigenvalue weighted by molar-refractivity contribution is -0.136. The zero-order valence-corrected chi connectivity index (χ0v) is 44.9. The van der Waals surface area contributed by atoms with Crippen molar-refractivity contribution >= 4 is 86.5 Å². The van der Waals surface area contributed by atoms with Crippen LogP contribution in [0.4, 0.5) is 4.79 Å². The average Bonchev–Trinajstić information content (AvgIpc) is 3.38. The van der Waals surface area contributed by atoms with Gasteiger partial charge in [-0.1, -0.05) is 69.6 Å². The Kier molecular flexibility index (Phi) is 26.1. The number of aliphatic hydroxyl groups is 1. The number of phenols is 2. The van der Waals surface area contributed by atoms with Crippen LogP contribution in [0.15, 0.2) is 72.8 Å². The molecule has 0 radical (unpaired) electrons. The quantitative estimate of drug-likeness (QED) is 0.0431. The summed E-state index contributed by atoms with van der Waals surface area (Å²) in [6.07, 6.45) is -1.06. The maximum Gasteiger partial charge on any atom is 0.312 e. The van der Waals surface area contributed by atoms with Crippen LogP contribution in [0.1, 0.15) is 55.7 Å². The van der Waals surface area contributed by atoms with Gasteiger partial charge in [-0.2, -0.15) is 0 Å². The molecule has 1 unspecified atom stereocenters. The lowest BCUT2D eigenvalue weighted by atomic mass is 10.0. The molecule has 0 bridgehead atoms. The molecule has 0 aromatic heterocycles. The summed E-state index contributed by atoms with van der Waals surface area (Å²) in [5, 5.41) is 55.0. The lowest BCUT2D eigenvalue weighted by Gasteiger charge is -2.29. The Morgan fingerprint density at radius 1 is 0.675 bits per heavy atom. The molecule has 1 fully saturated rings. The third-order valence-corrected chi connectivity index (χ3v) is 14.7. The number of unbranched alkanes of at least 4 members (excludes halogenated alkanes) is 1. The van der Waals surface area contributed by atoms with E-state index in [1.807, 2.05) is 0 Å². The van der Waals surface area contributed by atoms with Gasteiger partial charge >= 0.3 is 6.03 Å². The van der Waals surface area contributed by atoms with Gasteiger partial charge < -0.3 is 80.4 Å². The van der Waals surface area contributed by atoms with Gasteiger partial charge in [0.05, 0.1) is 12.1 Å². The maximum absolute atomic E-state index is 14.6. The largest absolute Gasteiger partial charge is 0.508 e. The van der Waals surface area contributed by atoms with Gasteiger partial charge in [0, 0.05) is 35.9 Å². The van der Waals surface area contributed by atoms with Gasteiger partial charge in [-0.15, -0.1) is 0 Å². The van der Waals surface area contributed by atoms with E-state index in [-0.39, 0.29) is 68.1 Å². The number of aromatic hydroxyl groups is 2. The first-order chi connectivity index (χ1) is 36.6. The summed E-state index contributed by atoms with van der Waals surface area (Å²) in [5.74, 6) is -7.91. The van der Waals surface area contributed by atoms with E-state index in [1.165, 1.54) is 55.5 Å². The Hall–Kier alpha value is -6.84. The van der Waals surface area contributed by atoms with Crippen molar-refractivity contribution in [2.24, 2.45) is 17.2 Å². The first kappa shape index (κ1) is 62.7. The summed E-state index contributed by atoms with van der Waals surface area (Å²) < 4.78 is 0. The highest BCUT2D eigenvalue weighted by atomic mass is 35.5. The molecule has 77 heavy (non-hydrogen) atoms. The van der Waals surface area contributed by atoms with Crippen LogP contribution >= 0.6 is 33.2 Å². The van der Waals surface area contributed by atoms with Gasteiger partial charge in [0.15, 0.2) is 0 Å². The Balaban J connectivity index is 1.80. The SMILES string of the molecule is CNCCCC[C@@H]1NC(=O)[C@@H](CCCNC(N)=O)NC(=O)[C@H](Cc2ccc(O)cc2)NC(=O)[C@H](NC(=O)[C@@H](N)Cc2ccc(Cl)cc2)CSSC[C@@H](C(=O)NC(Cc2ccc(O)cc2)C(N)=O)NC(=O)[C@H]([C@@H](C)O)NC1=O. The lowest BCUT2D eigenvalue weighted by Crippen LogP contribution is -2.62. The molecule has 3 aromatic rings. The molecule has 3 aromatic carbocycles. The van der Waals surface area contributed by atoms with Crippen molar-refractivity contribution in [3.8, 4) is 11.5 Å². The minimum Gasteiger partial charge on any atom is -0.508 e. The molecule has 24 nitrogen and oxygen atoms in total. The van der Waals surface area contributed by atoms with Crippen molar-refractivity contribution in [3.05, 3.63) is 94.5 Å². The standard InChI is InChI=1S/C50H69ClN12O12S2/c1-27(64)41-49(74)62-40(47(72)59-37(42(53)67)23-29-10-16-32(65)17-11-29)26-77-76-25-39(61-43(68)34(52)22-28-8-14-31(51)15-9-28)48(73)60-38(24-30-12-18-33(66)19-13-30)46(71)58-36(7-5-21-56-50(54)75)44(69)57-35(45(70)63-41)6-3-4-20-55-2/h8-19,27,34-41,55,64-66H,3-7,20-26,52H2,1-2H3,(H2,53,67)(H,57,69)(H,58,71)(H,59,72)(H,60,73)(H,61,68)(H,62,74)(H,63,70)(H3,54,56,75)/t27-,34+,35+,36-,37?,38+,39-,40+,41+/m1/s1. The van der Waals surface area contributed by atoms with Crippen LogP contribution in [-0.4, -0.2) is 155 Å². The number of nitrogens with one attached hydrogen (secondary N) is 9. The smallest absolute Gasteiger partial charge is 0.312 e. The second kappa shape index (κ2) is 32.0. The number of benzene rings is 3. The van der Waals surface area contributed by atoms with Crippen molar-refractivity contribution < 1.29 is 58.5 Å². The van der Waals surface area contributed by atoms with Crippen molar-refractivity contribution in [2.75, 3.05) is 31.6 Å². The summed E-state index contributed by atoms with van der Waals surface area (Å²) in [6.45, 7) is 1.72. The van der Waals surface area contributed by atoms with E-state index >= 15 is 0 Å². The summed E-state index contributed by atoms with van der Waals surface area (Å²) in [4.78, 5) is 124. The topological polar surface area (TPSA) is 401 Å². The third-order valence-electron chi connectivity index (χ3n) is 12.0. The molecule has 18 N–H and O–H groups in total. The van der Waals surface area contributed by atoms with E-state index < -0.39 is 108 Å². The Morgan fingerprint density at radius 2 is 1.21 bits per heavy atom. The number of carbonyl (C=O) groups is 9. The van der Waals surface area contributed by atoms with Crippen LogP contribution in [-0.2, 0) is 57.6 Å². The molecule has 1 heterocycles. The number of phenolic OH excluding ortho intramolecular Hbond substituents is 2. The van der Waals surface area contributed by atoms with Crippen LogP contribution in [0.5, 0.6) is 11.5 Å². The Labute approximate surface area is 458 Å². The predicted octanol–water partition coefficient (Wildman–Crippen LogP) is -1.40. The average molecular weight is 1130 g/mol. The highest BCUT2D eigenvalue weighted by Gasteiger charge is 2.36. The van der Waals surface area contributed by atoms with E-state index in [9.17, 15) is 58.5 Å². The monoisotopic (exact) mass is 1130 g/mol. The molecule has 27 heteroatoms. The first-order valence-corrected chi connectivity index (χ1v) is 27.6. The molecule has 9 atom stereocenters. The van der Waals surface area contributed by atoms with E-state index in [2.05, 4.69) is 47.9 Å². The number of amides is 10. The highest BCUT2D eigenvalue weighted by Crippen LogP contribution is 2.24. The molecular weight excluding hydrogens is 1060 g/mol. The van der Waals surface area contributed by atoms with Crippen molar-refractivity contribution in [1.29, 1.82) is 0 Å². The highest BCUT2D eigenvalue weighted by molar-refractivity contribution is 8.76. The summed E-state index contributed by atoms with van der Waals surface area (Å²) in [5.41, 5.74) is 19.0. The zero-order valence-electron chi connectivity index (χ0n) is 42.6. The number of nitrogens with two attached hydrogens (primary N) is 3. The predicted molar refractivity (Wildman–Crippen MR) is 291 cm³/mol. The molecule has 1 aliphatic rings. The summed E-state index contributed by atoms with van der Waals surface area (Å²) >= 11 is 6.06. The van der Waals surface area contributed by atoms with Crippen LogP contribution in [0.2, 0.25) is 5.02 Å². The minimum absolute atomic E-state index is 0.00172. The fourth-order valence-electron chi connectivity index (χ4n) is 7.73. The Morgan fingerprint density at radius 3 is 1.79 bits per heavy atom. The van der Waals surface area contributed by atoms with Crippen LogP contribution in [0.25, 0.3) is 0 Å². The number of halogens is 1. The Bertz CT molecular complexity index is 2480. The van der Waals surface area contributed by atoms with Crippen molar-refractivity contribution in [3.63, 3.8) is 0 Å². The fraction of sp³-hybridized carbons (Fsp3) is 0.460. The van der Waals surface area contributed by atoms with Crippen LogP contribution in [0, 0.1) is 0 Å². The number of aliphatic hydroxyl groups excluding tert-OH is 1. The minimum atomic E-state index is -1.74. The molecule has 420 valence electrons. The zero-order chi connectivity index (χ0) is 56.6. The van der Waals surface area contributed by atoms with E-state index in [4.69, 9.17) is 28.8 Å². The van der Waals surface area contributed by atoms with Crippen LogP contribution < -0.4 is 65.1 Å². The number of hydrogen-bond donors (Lipinski definition) is 15. The van der Waals surface area contributed by atoms with Gasteiger partial charge in [0.1, 0.15) is 53.8 Å². The normalized spacial score (nSPS) is 21.3. The number of urea groups is 1. The number of primary amides is 2. The second-order valence-electron chi connectivity index (χ2n) is 18.3. The molecular formula is C50H69ClN12O12S2. The first-order valence-electron chi connectivity index (χ1n) is 24.7. The van der Waals surface area contributed by atoms with Crippen LogP contribution in [0.3, 0.4) is 0 Å². The summed E-state index contributed by atoms with van der Waals surface area (Å²) in [6, 6.07) is 5.75. The van der Waals surface area contributed by atoms with E-state index in [1.54, 1.807) is 31.3 Å². The molecule has 0 aliphatic carbocycles. The number of hydrogen-bond acceptors (Lipinski definition) is 16. The number of rotatable bonds is 21. The van der Waals surface area contributed by atoms with E-state index in [0.717, 1.165) is 21.6 Å². The molecule has 1 saturated heterocycles. The third kappa shape index (κ3) is 22.0. The van der Waals surface area contributed by atoms with Gasteiger partial charge in [-0.3, -0.25) is 38.4 Å². The molecule has 4 rings (SSSR count). The van der Waals surface area contributed by atoms with Gasteiger partial charge in [-0.05, 0) is 112 Å². The second-order valence-corrected chi connectivity index (χ2v) is 21.3. The molecule has 10 amide bonds. The molecule has 0 spiro atoms. The fourth-order valence-corrected chi connectivity index (χ4v) is 10.2. The van der Waals surface area contributed by atoms with E-state index in [0.29, 0.717) is 41.1 Å². The van der Waals surface area contributed by atoms with Crippen molar-refractivity contribution in [2.45, 2.75) is 113 Å². The van der Waals surface area contributed by atoms with Gasteiger partial charge in [-0.25, -0.2) is 4.79 Å². The van der Waals surface area contributed by atoms with Crippen molar-refractivity contribution in [1.82, 2.24) is 47.9 Å². The summed E-state index contributed by atoms with van der Waals surface area (Å²) in [7, 11) is 3.64. The van der Waals surface area contributed by atoms with Gasteiger partial charge in [0.25, 0.3) is 0 Å². The number of carbonyl (C=O) groups excluding carboxylic acids is 9. The van der Waals surface area contributed by atoms with Gasteiger partial charge in [0.2, 0.25) is 47.3 Å². The molecule has 1 aliphatic heterocycles.